The number of rotatable bonds is 5. The number of carbonyl (C=O) groups excluding carboxylic acids is 2. The van der Waals surface area contributed by atoms with Gasteiger partial charge in [0.25, 0.3) is 0 Å². The van der Waals surface area contributed by atoms with Crippen LogP contribution in [0.25, 0.3) is 0 Å². The van der Waals surface area contributed by atoms with Crippen molar-refractivity contribution in [2.45, 2.75) is 52.3 Å². The average molecular weight is 290 g/mol. The Morgan fingerprint density at radius 3 is 1.90 bits per heavy atom. The third-order valence-electron chi connectivity index (χ3n) is 2.91. The third-order valence-corrected chi connectivity index (χ3v) is 2.91. The number of esters is 2. The predicted molar refractivity (Wildman–Crippen MR) is 67.4 cm³/mol. The Hall–Kier alpha value is -1.18. The zero-order chi connectivity index (χ0) is 15.4. The van der Waals surface area contributed by atoms with Crippen molar-refractivity contribution in [2.24, 2.45) is 11.8 Å². The van der Waals surface area contributed by atoms with E-state index in [1.54, 1.807) is 27.7 Å². The normalized spacial score (nSPS) is 29.8. The summed E-state index contributed by atoms with van der Waals surface area (Å²) in [6, 6.07) is 0. The molecule has 1 unspecified atom stereocenters. The van der Waals surface area contributed by atoms with E-state index in [4.69, 9.17) is 14.2 Å². The monoisotopic (exact) mass is 290 g/mol. The minimum Gasteiger partial charge on any atom is -0.455 e. The molecule has 7 heteroatoms. The summed E-state index contributed by atoms with van der Waals surface area (Å²) in [7, 11) is 0. The van der Waals surface area contributed by atoms with Crippen LogP contribution < -0.4 is 0 Å². The van der Waals surface area contributed by atoms with Gasteiger partial charge in [-0.05, 0) is 0 Å². The fourth-order valence-electron chi connectivity index (χ4n) is 1.66. The van der Waals surface area contributed by atoms with Crippen LogP contribution in [0.3, 0.4) is 0 Å². The minimum absolute atomic E-state index is 0.381. The number of aliphatic hydroxyl groups excluding tert-OH is 2. The number of ether oxygens (including phenoxy) is 3. The first-order valence-corrected chi connectivity index (χ1v) is 6.63. The lowest BCUT2D eigenvalue weighted by Gasteiger charge is -2.24. The molecule has 1 heterocycles. The molecular weight excluding hydrogens is 268 g/mol. The second-order valence-corrected chi connectivity index (χ2v) is 5.36. The molecule has 0 spiro atoms. The van der Waals surface area contributed by atoms with Crippen molar-refractivity contribution in [3.63, 3.8) is 0 Å². The predicted octanol–water partition coefficient (Wildman–Crippen LogP) is -0.169. The van der Waals surface area contributed by atoms with Crippen LogP contribution in [0.2, 0.25) is 0 Å². The van der Waals surface area contributed by atoms with Crippen LogP contribution in [0, 0.1) is 11.8 Å². The smallest absolute Gasteiger partial charge is 0.308 e. The Morgan fingerprint density at radius 1 is 1.05 bits per heavy atom. The second-order valence-electron chi connectivity index (χ2n) is 5.36. The van der Waals surface area contributed by atoms with Crippen LogP contribution in [0.15, 0.2) is 0 Å². The molecule has 0 aromatic rings. The molecule has 0 saturated carbocycles. The highest BCUT2D eigenvalue weighted by Crippen LogP contribution is 2.26. The van der Waals surface area contributed by atoms with Crippen molar-refractivity contribution in [3.05, 3.63) is 0 Å². The van der Waals surface area contributed by atoms with Crippen molar-refractivity contribution in [3.8, 4) is 0 Å². The molecule has 1 rings (SSSR count). The SMILES string of the molecule is CC(C)C(=O)O[C@@H]1[C@@H](CO)OC(O)[C@@H]1OC(=O)C(C)C. The molecule has 1 fully saturated rings. The lowest BCUT2D eigenvalue weighted by Crippen LogP contribution is -2.42. The van der Waals surface area contributed by atoms with E-state index in [9.17, 15) is 19.8 Å². The summed E-state index contributed by atoms with van der Waals surface area (Å²) >= 11 is 0. The van der Waals surface area contributed by atoms with Gasteiger partial charge in [-0.1, -0.05) is 27.7 Å². The van der Waals surface area contributed by atoms with Gasteiger partial charge in [-0.25, -0.2) is 0 Å². The molecular formula is C13H22O7. The highest BCUT2D eigenvalue weighted by Gasteiger charge is 2.49. The molecule has 1 aliphatic rings. The summed E-state index contributed by atoms with van der Waals surface area (Å²) in [6.07, 6.45) is -4.50. The van der Waals surface area contributed by atoms with Crippen LogP contribution in [-0.4, -0.2) is 53.4 Å². The van der Waals surface area contributed by atoms with Gasteiger partial charge in [-0.15, -0.1) is 0 Å². The van der Waals surface area contributed by atoms with E-state index < -0.39 is 49.1 Å². The summed E-state index contributed by atoms with van der Waals surface area (Å²) in [6.45, 7) is 6.13. The first kappa shape index (κ1) is 16.9. The Labute approximate surface area is 117 Å². The van der Waals surface area contributed by atoms with Gasteiger partial charge in [0.05, 0.1) is 18.4 Å². The largest absolute Gasteiger partial charge is 0.455 e. The first-order chi connectivity index (χ1) is 9.27. The summed E-state index contributed by atoms with van der Waals surface area (Å²) in [5, 5.41) is 18.9. The van der Waals surface area contributed by atoms with Gasteiger partial charge in [-0.2, -0.15) is 0 Å². The Balaban J connectivity index is 2.81. The molecule has 0 aromatic carbocycles. The molecule has 2 N–H and O–H groups in total. The van der Waals surface area contributed by atoms with Gasteiger partial charge in [-0.3, -0.25) is 9.59 Å². The lowest BCUT2D eigenvalue weighted by atomic mass is 10.1. The van der Waals surface area contributed by atoms with Gasteiger partial charge in [0, 0.05) is 0 Å². The topological polar surface area (TPSA) is 102 Å². The summed E-state index contributed by atoms with van der Waals surface area (Å²) in [4.78, 5) is 23.3. The maximum Gasteiger partial charge on any atom is 0.308 e. The first-order valence-electron chi connectivity index (χ1n) is 6.63. The molecule has 116 valence electrons. The average Bonchev–Trinajstić information content (AvgIpc) is 2.66. The standard InChI is InChI=1S/C13H22O7/c1-6(2)11(15)19-9-8(5-14)18-13(17)10(9)20-12(16)7(3)4/h6-10,13-14,17H,5H2,1-4H3/t8-,9-,10-,13?/m1/s1. The third kappa shape index (κ3) is 3.91. The van der Waals surface area contributed by atoms with Gasteiger partial charge in [0.1, 0.15) is 6.10 Å². The zero-order valence-corrected chi connectivity index (χ0v) is 12.1. The van der Waals surface area contributed by atoms with Crippen molar-refractivity contribution >= 4 is 11.9 Å². The molecule has 0 radical (unpaired) electrons. The molecule has 1 aliphatic heterocycles. The molecule has 20 heavy (non-hydrogen) atoms. The molecule has 0 bridgehead atoms. The molecule has 0 aliphatic carbocycles. The highest BCUT2D eigenvalue weighted by molar-refractivity contribution is 5.73. The van der Waals surface area contributed by atoms with Gasteiger partial charge < -0.3 is 24.4 Å². The maximum atomic E-state index is 11.7. The van der Waals surface area contributed by atoms with Crippen molar-refractivity contribution in [1.82, 2.24) is 0 Å². The van der Waals surface area contributed by atoms with Crippen molar-refractivity contribution in [1.29, 1.82) is 0 Å². The number of aliphatic hydroxyl groups is 2. The van der Waals surface area contributed by atoms with Crippen LogP contribution >= 0.6 is 0 Å². The molecule has 0 amide bonds. The van der Waals surface area contributed by atoms with Crippen LogP contribution in [0.1, 0.15) is 27.7 Å². The second kappa shape index (κ2) is 7.01. The zero-order valence-electron chi connectivity index (χ0n) is 12.1. The summed E-state index contributed by atoms with van der Waals surface area (Å²) in [5.74, 6) is -1.83. The molecule has 4 atom stereocenters. The van der Waals surface area contributed by atoms with Crippen molar-refractivity contribution in [2.75, 3.05) is 6.61 Å². The Bertz CT molecular complexity index is 353. The van der Waals surface area contributed by atoms with E-state index in [2.05, 4.69) is 0 Å². The van der Waals surface area contributed by atoms with Gasteiger partial charge in [0.15, 0.2) is 18.5 Å². The van der Waals surface area contributed by atoms with Crippen molar-refractivity contribution < 1.29 is 34.0 Å². The number of hydrogen-bond donors (Lipinski definition) is 2. The number of carbonyl (C=O) groups is 2. The van der Waals surface area contributed by atoms with E-state index in [0.29, 0.717) is 0 Å². The van der Waals surface area contributed by atoms with E-state index >= 15 is 0 Å². The summed E-state index contributed by atoms with van der Waals surface area (Å²) in [5.41, 5.74) is 0. The molecule has 7 nitrogen and oxygen atoms in total. The quantitative estimate of drug-likeness (QED) is 0.678. The van der Waals surface area contributed by atoms with Crippen LogP contribution in [0.4, 0.5) is 0 Å². The van der Waals surface area contributed by atoms with E-state index in [0.717, 1.165) is 0 Å². The molecule has 0 aromatic heterocycles. The fraction of sp³-hybridized carbons (Fsp3) is 0.846. The molecule has 1 saturated heterocycles. The van der Waals surface area contributed by atoms with E-state index in [1.165, 1.54) is 0 Å². The van der Waals surface area contributed by atoms with Crippen LogP contribution in [-0.2, 0) is 23.8 Å². The van der Waals surface area contributed by atoms with Gasteiger partial charge in [0.2, 0.25) is 0 Å². The Kier molecular flexibility index (Phi) is 5.91. The number of hydrogen-bond acceptors (Lipinski definition) is 7. The minimum atomic E-state index is -1.43. The summed E-state index contributed by atoms with van der Waals surface area (Å²) < 4.78 is 15.3. The van der Waals surface area contributed by atoms with Crippen LogP contribution in [0.5, 0.6) is 0 Å². The van der Waals surface area contributed by atoms with E-state index in [-0.39, 0.29) is 5.92 Å². The van der Waals surface area contributed by atoms with Gasteiger partial charge >= 0.3 is 11.9 Å². The maximum absolute atomic E-state index is 11.7. The Morgan fingerprint density at radius 2 is 1.50 bits per heavy atom. The lowest BCUT2D eigenvalue weighted by molar-refractivity contribution is -0.180. The fourth-order valence-corrected chi connectivity index (χ4v) is 1.66. The van der Waals surface area contributed by atoms with E-state index in [1.807, 2.05) is 0 Å². The highest BCUT2D eigenvalue weighted by atomic mass is 16.7.